The Bertz CT molecular complexity index is 1540. The highest BCUT2D eigenvalue weighted by Crippen LogP contribution is 2.29. The molecule has 0 saturated carbocycles. The van der Waals surface area contributed by atoms with E-state index < -0.39 is 0 Å². The standard InChI is InChI=1S/C31H24N6S/c38-31(33-27-21-11-4-12-22-27)37(32-23-13-16-24-14-5-1-6-15-24)30-34-28(25-17-7-2-8-18-25)29(35-36-30)26-19-9-3-10-20-26/h1-23H,(H,33,38)/b16-13+,32-23+. The number of para-hydroxylation sites is 1. The van der Waals surface area contributed by atoms with Gasteiger partial charge in [-0.25, -0.2) is 4.98 Å². The Hall–Kier alpha value is -5.01. The number of anilines is 2. The Balaban J connectivity index is 1.54. The number of nitrogens with zero attached hydrogens (tertiary/aromatic N) is 5. The predicted octanol–water partition coefficient (Wildman–Crippen LogP) is 7.11. The van der Waals surface area contributed by atoms with Crippen LogP contribution in [0.25, 0.3) is 28.6 Å². The summed E-state index contributed by atoms with van der Waals surface area (Å²) in [4.78, 5) is 4.91. The van der Waals surface area contributed by atoms with E-state index in [1.165, 1.54) is 5.01 Å². The molecule has 4 aromatic carbocycles. The van der Waals surface area contributed by atoms with E-state index in [9.17, 15) is 0 Å². The maximum Gasteiger partial charge on any atom is 0.273 e. The van der Waals surface area contributed by atoms with Gasteiger partial charge in [0.15, 0.2) is 0 Å². The van der Waals surface area contributed by atoms with E-state index in [4.69, 9.17) is 17.2 Å². The molecule has 0 aliphatic rings. The summed E-state index contributed by atoms with van der Waals surface area (Å²) in [5, 5.41) is 18.6. The summed E-state index contributed by atoms with van der Waals surface area (Å²) in [6.45, 7) is 0. The molecule has 184 valence electrons. The Labute approximate surface area is 227 Å². The SMILES string of the molecule is S=C(Nc1ccccc1)N(/N=C/C=C/c1ccccc1)c1nnc(-c2ccccc2)c(-c2ccccc2)n1. The number of benzene rings is 4. The number of thiocarbonyl (C=S) groups is 1. The smallest absolute Gasteiger partial charge is 0.273 e. The van der Waals surface area contributed by atoms with Crippen molar-refractivity contribution in [2.45, 2.75) is 0 Å². The van der Waals surface area contributed by atoms with Crippen molar-refractivity contribution in [3.63, 3.8) is 0 Å². The Kier molecular flexibility index (Phi) is 7.98. The van der Waals surface area contributed by atoms with E-state index in [1.54, 1.807) is 6.21 Å². The van der Waals surface area contributed by atoms with Gasteiger partial charge in [0, 0.05) is 23.0 Å². The molecular formula is C31H24N6S. The third-order valence-corrected chi connectivity index (χ3v) is 5.81. The number of hydrogen-bond donors (Lipinski definition) is 1. The summed E-state index contributed by atoms with van der Waals surface area (Å²) in [6, 6.07) is 39.4. The number of hydrazone groups is 1. The first-order valence-electron chi connectivity index (χ1n) is 12.1. The van der Waals surface area contributed by atoms with Crippen molar-refractivity contribution in [3.05, 3.63) is 133 Å². The lowest BCUT2D eigenvalue weighted by molar-refractivity contribution is 0.926. The topological polar surface area (TPSA) is 66.3 Å². The lowest BCUT2D eigenvalue weighted by Gasteiger charge is -2.19. The van der Waals surface area contributed by atoms with Crippen LogP contribution in [0.4, 0.5) is 11.6 Å². The Morgan fingerprint density at radius 2 is 1.24 bits per heavy atom. The molecule has 1 aromatic heterocycles. The van der Waals surface area contributed by atoms with Crippen LogP contribution >= 0.6 is 12.2 Å². The first-order valence-corrected chi connectivity index (χ1v) is 12.5. The van der Waals surface area contributed by atoms with Gasteiger partial charge in [0.2, 0.25) is 5.11 Å². The molecule has 1 N–H and O–H groups in total. The average molecular weight is 513 g/mol. The van der Waals surface area contributed by atoms with Crippen molar-refractivity contribution in [3.8, 4) is 22.5 Å². The van der Waals surface area contributed by atoms with Gasteiger partial charge < -0.3 is 5.32 Å². The molecule has 0 atom stereocenters. The molecule has 0 spiro atoms. The van der Waals surface area contributed by atoms with Crippen molar-refractivity contribution in [1.82, 2.24) is 15.2 Å². The fourth-order valence-corrected chi connectivity index (χ4v) is 3.96. The number of aromatic nitrogens is 3. The van der Waals surface area contributed by atoms with E-state index in [1.807, 2.05) is 133 Å². The zero-order valence-electron chi connectivity index (χ0n) is 20.4. The first kappa shape index (κ1) is 24.7. The van der Waals surface area contributed by atoms with Gasteiger partial charge in [-0.15, -0.1) is 10.2 Å². The molecule has 0 aliphatic heterocycles. The zero-order chi connectivity index (χ0) is 26.0. The van der Waals surface area contributed by atoms with Crippen LogP contribution in [0.5, 0.6) is 0 Å². The maximum absolute atomic E-state index is 5.74. The van der Waals surface area contributed by atoms with Gasteiger partial charge in [-0.1, -0.05) is 115 Å². The van der Waals surface area contributed by atoms with Crippen LogP contribution < -0.4 is 10.3 Å². The second-order valence-electron chi connectivity index (χ2n) is 8.18. The fourth-order valence-electron chi connectivity index (χ4n) is 3.71. The van der Waals surface area contributed by atoms with Crippen molar-refractivity contribution in [2.75, 3.05) is 10.3 Å². The van der Waals surface area contributed by atoms with E-state index in [0.29, 0.717) is 16.5 Å². The molecule has 0 amide bonds. The van der Waals surface area contributed by atoms with Gasteiger partial charge in [-0.3, -0.25) is 0 Å². The van der Waals surface area contributed by atoms with Crippen LogP contribution in [-0.4, -0.2) is 26.5 Å². The average Bonchev–Trinajstić information content (AvgIpc) is 2.99. The number of hydrogen-bond acceptors (Lipinski definition) is 5. The summed E-state index contributed by atoms with van der Waals surface area (Å²) in [5.74, 6) is 0.251. The highest BCUT2D eigenvalue weighted by atomic mass is 32.1. The summed E-state index contributed by atoms with van der Waals surface area (Å²) < 4.78 is 0. The van der Waals surface area contributed by atoms with Gasteiger partial charge in [-0.2, -0.15) is 10.1 Å². The van der Waals surface area contributed by atoms with Gasteiger partial charge in [-0.05, 0) is 36.0 Å². The van der Waals surface area contributed by atoms with Crippen molar-refractivity contribution in [1.29, 1.82) is 0 Å². The Morgan fingerprint density at radius 1 is 0.684 bits per heavy atom. The lowest BCUT2D eigenvalue weighted by Crippen LogP contribution is -2.32. The molecular weight excluding hydrogens is 488 g/mol. The molecule has 7 heteroatoms. The van der Waals surface area contributed by atoms with Crippen molar-refractivity contribution < 1.29 is 0 Å². The van der Waals surface area contributed by atoms with Gasteiger partial charge in [0.1, 0.15) is 11.4 Å². The number of rotatable bonds is 7. The summed E-state index contributed by atoms with van der Waals surface area (Å²) in [5.41, 5.74) is 5.09. The molecule has 1 heterocycles. The monoisotopic (exact) mass is 512 g/mol. The van der Waals surface area contributed by atoms with Crippen LogP contribution in [-0.2, 0) is 0 Å². The molecule has 0 fully saturated rings. The van der Waals surface area contributed by atoms with E-state index in [-0.39, 0.29) is 5.95 Å². The van der Waals surface area contributed by atoms with Crippen molar-refractivity contribution >= 4 is 41.3 Å². The van der Waals surface area contributed by atoms with Gasteiger partial charge in [0.05, 0.1) is 0 Å². The maximum atomic E-state index is 5.74. The molecule has 0 aliphatic carbocycles. The fraction of sp³-hybridized carbons (Fsp3) is 0. The molecule has 0 unspecified atom stereocenters. The van der Waals surface area contributed by atoms with Crippen LogP contribution in [0, 0.1) is 0 Å². The normalized spacial score (nSPS) is 11.1. The van der Waals surface area contributed by atoms with Crippen LogP contribution in [0.15, 0.2) is 133 Å². The highest BCUT2D eigenvalue weighted by Gasteiger charge is 2.20. The lowest BCUT2D eigenvalue weighted by atomic mass is 10.0. The van der Waals surface area contributed by atoms with Crippen LogP contribution in [0.2, 0.25) is 0 Å². The van der Waals surface area contributed by atoms with Crippen LogP contribution in [0.3, 0.4) is 0 Å². The molecule has 38 heavy (non-hydrogen) atoms. The molecule has 0 radical (unpaired) electrons. The van der Waals surface area contributed by atoms with E-state index in [0.717, 1.165) is 22.4 Å². The van der Waals surface area contributed by atoms with E-state index >= 15 is 0 Å². The second kappa shape index (κ2) is 12.3. The minimum Gasteiger partial charge on any atom is -0.331 e. The Morgan fingerprint density at radius 3 is 1.87 bits per heavy atom. The predicted molar refractivity (Wildman–Crippen MR) is 160 cm³/mol. The van der Waals surface area contributed by atoms with Gasteiger partial charge in [0.25, 0.3) is 5.95 Å². The van der Waals surface area contributed by atoms with Crippen molar-refractivity contribution in [2.24, 2.45) is 5.10 Å². The molecule has 0 saturated heterocycles. The van der Waals surface area contributed by atoms with Crippen LogP contribution in [0.1, 0.15) is 5.56 Å². The van der Waals surface area contributed by atoms with Gasteiger partial charge >= 0.3 is 0 Å². The third kappa shape index (κ3) is 6.21. The third-order valence-electron chi connectivity index (χ3n) is 5.53. The number of nitrogens with one attached hydrogen (secondary N) is 1. The summed E-state index contributed by atoms with van der Waals surface area (Å²) >= 11 is 5.74. The molecule has 5 rings (SSSR count). The quantitative estimate of drug-likeness (QED) is 0.142. The largest absolute Gasteiger partial charge is 0.331 e. The molecule has 0 bridgehead atoms. The molecule has 5 aromatic rings. The summed E-state index contributed by atoms with van der Waals surface area (Å²) in [6.07, 6.45) is 5.46. The molecule has 6 nitrogen and oxygen atoms in total. The highest BCUT2D eigenvalue weighted by molar-refractivity contribution is 7.80. The number of allylic oxidation sites excluding steroid dienone is 1. The minimum absolute atomic E-state index is 0.251. The first-order chi connectivity index (χ1) is 18.8. The zero-order valence-corrected chi connectivity index (χ0v) is 21.2. The minimum atomic E-state index is 0.251. The van der Waals surface area contributed by atoms with E-state index in [2.05, 4.69) is 20.6 Å². The summed E-state index contributed by atoms with van der Waals surface area (Å²) in [7, 11) is 0. The second-order valence-corrected chi connectivity index (χ2v) is 8.57.